The first-order chi connectivity index (χ1) is 17.7. The van der Waals surface area contributed by atoms with E-state index in [-0.39, 0.29) is 5.56 Å². The van der Waals surface area contributed by atoms with Gasteiger partial charge in [-0.2, -0.15) is 0 Å². The van der Waals surface area contributed by atoms with E-state index >= 15 is 0 Å². The molecular formula is C27H28N6O4. The van der Waals surface area contributed by atoms with Crippen LogP contribution in [0.4, 0.5) is 11.6 Å². The predicted molar refractivity (Wildman–Crippen MR) is 142 cm³/mol. The predicted octanol–water partition coefficient (Wildman–Crippen LogP) is 3.90. The third kappa shape index (κ3) is 6.63. The number of methoxy groups -OCH3 is 1. The fraction of sp³-hybridized carbons (Fsp3) is 0.185. The van der Waals surface area contributed by atoms with Crippen LogP contribution in [-0.4, -0.2) is 72.3 Å². The van der Waals surface area contributed by atoms with Crippen molar-refractivity contribution < 1.29 is 19.4 Å². The molecule has 10 heteroatoms. The van der Waals surface area contributed by atoms with Crippen molar-refractivity contribution in [3.05, 3.63) is 84.2 Å². The first-order valence-electron chi connectivity index (χ1n) is 11.2. The standard InChI is InChI=1S/C14H15N3O2.C13H13N3O2/c1-17(2)13-11(14(18)19-3)9-15-12(16-13)10-7-5-4-6-8-10;1-16(2)12-10(13(17)18)8-14-11(15-12)9-6-4-3-5-7-9/h4-9H,1-3H3;3-8H,1-2H3,(H,17,18). The number of rotatable bonds is 6. The monoisotopic (exact) mass is 500 g/mol. The van der Waals surface area contributed by atoms with Gasteiger partial charge in [-0.25, -0.2) is 29.5 Å². The van der Waals surface area contributed by atoms with Crippen LogP contribution in [0.5, 0.6) is 0 Å². The van der Waals surface area contributed by atoms with Gasteiger partial charge in [0.05, 0.1) is 7.11 Å². The Balaban J connectivity index is 0.000000206. The second kappa shape index (κ2) is 12.2. The average molecular weight is 501 g/mol. The Hall–Kier alpha value is -4.86. The van der Waals surface area contributed by atoms with Gasteiger partial charge in [0.2, 0.25) is 0 Å². The van der Waals surface area contributed by atoms with Crippen molar-refractivity contribution in [2.75, 3.05) is 45.1 Å². The highest BCUT2D eigenvalue weighted by Crippen LogP contribution is 2.22. The highest BCUT2D eigenvalue weighted by atomic mass is 16.5. The Morgan fingerprint density at radius 1 is 0.703 bits per heavy atom. The molecule has 0 aliphatic rings. The lowest BCUT2D eigenvalue weighted by Crippen LogP contribution is -2.17. The first-order valence-corrected chi connectivity index (χ1v) is 11.2. The molecule has 0 aliphatic heterocycles. The zero-order chi connectivity index (χ0) is 26.9. The number of carboxylic acids is 1. The van der Waals surface area contributed by atoms with E-state index in [4.69, 9.17) is 9.84 Å². The van der Waals surface area contributed by atoms with Gasteiger partial charge in [0.1, 0.15) is 22.8 Å². The van der Waals surface area contributed by atoms with Gasteiger partial charge < -0.3 is 19.6 Å². The van der Waals surface area contributed by atoms with Crippen molar-refractivity contribution in [1.29, 1.82) is 0 Å². The summed E-state index contributed by atoms with van der Waals surface area (Å²) in [7, 11) is 8.49. The van der Waals surface area contributed by atoms with Crippen molar-refractivity contribution in [2.45, 2.75) is 0 Å². The molecule has 190 valence electrons. The second-order valence-corrected chi connectivity index (χ2v) is 8.18. The summed E-state index contributed by atoms with van der Waals surface area (Å²) in [5, 5.41) is 9.07. The molecule has 0 bridgehead atoms. The smallest absolute Gasteiger partial charge is 0.343 e. The third-order valence-corrected chi connectivity index (χ3v) is 5.08. The second-order valence-electron chi connectivity index (χ2n) is 8.18. The minimum atomic E-state index is -1.03. The number of carboxylic acid groups (broad SMARTS) is 1. The van der Waals surface area contributed by atoms with Gasteiger partial charge >= 0.3 is 11.9 Å². The summed E-state index contributed by atoms with van der Waals surface area (Å²) in [6, 6.07) is 19.1. The number of esters is 1. The van der Waals surface area contributed by atoms with Crippen LogP contribution in [-0.2, 0) is 4.74 Å². The molecule has 0 amide bonds. The molecule has 2 aromatic heterocycles. The van der Waals surface area contributed by atoms with Crippen LogP contribution in [0, 0.1) is 0 Å². The number of hydrogen-bond donors (Lipinski definition) is 1. The average Bonchev–Trinajstić information content (AvgIpc) is 2.93. The van der Waals surface area contributed by atoms with Crippen LogP contribution in [0.2, 0.25) is 0 Å². The Morgan fingerprint density at radius 2 is 1.11 bits per heavy atom. The van der Waals surface area contributed by atoms with Crippen molar-refractivity contribution in [2.24, 2.45) is 0 Å². The Morgan fingerprint density at radius 3 is 1.49 bits per heavy atom. The molecule has 0 saturated carbocycles. The lowest BCUT2D eigenvalue weighted by atomic mass is 10.2. The number of nitrogens with zero attached hydrogens (tertiary/aromatic N) is 6. The number of benzene rings is 2. The number of ether oxygens (including phenoxy) is 1. The quantitative estimate of drug-likeness (QED) is 0.390. The normalized spacial score (nSPS) is 10.1. The van der Waals surface area contributed by atoms with Crippen molar-refractivity contribution in [1.82, 2.24) is 19.9 Å². The number of aromatic carboxylic acids is 1. The number of carbonyl (C=O) groups is 2. The molecule has 2 heterocycles. The summed E-state index contributed by atoms with van der Waals surface area (Å²) >= 11 is 0. The van der Waals surface area contributed by atoms with Gasteiger partial charge in [-0.15, -0.1) is 0 Å². The van der Waals surface area contributed by atoms with Gasteiger partial charge in [-0.05, 0) is 0 Å². The van der Waals surface area contributed by atoms with E-state index in [1.165, 1.54) is 19.5 Å². The molecule has 0 saturated heterocycles. The van der Waals surface area contributed by atoms with Gasteiger partial charge in [0, 0.05) is 51.7 Å². The summed E-state index contributed by atoms with van der Waals surface area (Å²) in [6.45, 7) is 0. The van der Waals surface area contributed by atoms with E-state index in [9.17, 15) is 9.59 Å². The molecule has 4 aromatic rings. The molecular weight excluding hydrogens is 472 g/mol. The zero-order valence-electron chi connectivity index (χ0n) is 21.3. The van der Waals surface area contributed by atoms with E-state index < -0.39 is 11.9 Å². The Kier molecular flexibility index (Phi) is 8.82. The number of anilines is 2. The molecule has 0 unspecified atom stereocenters. The van der Waals surface area contributed by atoms with E-state index in [0.717, 1.165) is 11.1 Å². The first kappa shape index (κ1) is 26.7. The molecule has 0 spiro atoms. The van der Waals surface area contributed by atoms with E-state index in [1.807, 2.05) is 74.8 Å². The highest BCUT2D eigenvalue weighted by Gasteiger charge is 2.17. The Labute approximate surface area is 215 Å². The van der Waals surface area contributed by atoms with Crippen LogP contribution in [0.3, 0.4) is 0 Å². The van der Waals surface area contributed by atoms with E-state index in [2.05, 4.69) is 19.9 Å². The molecule has 37 heavy (non-hydrogen) atoms. The topological polar surface area (TPSA) is 122 Å². The molecule has 10 nitrogen and oxygen atoms in total. The lowest BCUT2D eigenvalue weighted by molar-refractivity contribution is 0.0599. The molecule has 0 radical (unpaired) electrons. The van der Waals surface area contributed by atoms with Crippen LogP contribution in [0.15, 0.2) is 73.1 Å². The summed E-state index contributed by atoms with van der Waals surface area (Å²) in [5.74, 6) is 0.569. The van der Waals surface area contributed by atoms with Crippen molar-refractivity contribution in [3.8, 4) is 22.8 Å². The fourth-order valence-electron chi connectivity index (χ4n) is 3.28. The molecule has 2 aromatic carbocycles. The molecule has 0 aliphatic carbocycles. The van der Waals surface area contributed by atoms with Crippen LogP contribution < -0.4 is 9.80 Å². The van der Waals surface area contributed by atoms with E-state index in [1.54, 1.807) is 23.9 Å². The maximum atomic E-state index is 11.7. The summed E-state index contributed by atoms with van der Waals surface area (Å²) < 4.78 is 4.73. The molecule has 4 rings (SSSR count). The summed E-state index contributed by atoms with van der Waals surface area (Å²) in [5.41, 5.74) is 2.21. The Bertz CT molecular complexity index is 1360. The van der Waals surface area contributed by atoms with Gasteiger partial charge in [0.25, 0.3) is 0 Å². The summed E-state index contributed by atoms with van der Waals surface area (Å²) in [6.07, 6.45) is 2.84. The maximum Gasteiger partial charge on any atom is 0.343 e. The van der Waals surface area contributed by atoms with Gasteiger partial charge in [-0.1, -0.05) is 60.7 Å². The van der Waals surface area contributed by atoms with Gasteiger partial charge in [0.15, 0.2) is 11.6 Å². The molecule has 1 N–H and O–H groups in total. The minimum absolute atomic E-state index is 0.0969. The van der Waals surface area contributed by atoms with Crippen LogP contribution in [0.25, 0.3) is 22.8 Å². The maximum absolute atomic E-state index is 11.7. The fourth-order valence-corrected chi connectivity index (χ4v) is 3.28. The SMILES string of the molecule is CN(C)c1nc(-c2ccccc2)ncc1C(=O)O.COC(=O)c1cnc(-c2ccccc2)nc1N(C)C. The minimum Gasteiger partial charge on any atom is -0.477 e. The highest BCUT2D eigenvalue weighted by molar-refractivity contribution is 5.94. The van der Waals surface area contributed by atoms with E-state index in [0.29, 0.717) is 28.8 Å². The van der Waals surface area contributed by atoms with Crippen LogP contribution >= 0.6 is 0 Å². The lowest BCUT2D eigenvalue weighted by Gasteiger charge is -2.15. The number of carbonyl (C=O) groups excluding carboxylic acids is 1. The molecule has 0 fully saturated rings. The third-order valence-electron chi connectivity index (χ3n) is 5.08. The van der Waals surface area contributed by atoms with Crippen LogP contribution in [0.1, 0.15) is 20.7 Å². The largest absolute Gasteiger partial charge is 0.477 e. The number of aromatic nitrogens is 4. The van der Waals surface area contributed by atoms with Gasteiger partial charge in [-0.3, -0.25) is 0 Å². The zero-order valence-corrected chi connectivity index (χ0v) is 21.3. The summed E-state index contributed by atoms with van der Waals surface area (Å²) in [4.78, 5) is 43.2. The van der Waals surface area contributed by atoms with Crippen molar-refractivity contribution >= 4 is 23.6 Å². The molecule has 0 atom stereocenters. The number of hydrogen-bond acceptors (Lipinski definition) is 9. The van der Waals surface area contributed by atoms with Crippen molar-refractivity contribution in [3.63, 3.8) is 0 Å².